The molecule has 166 valence electrons. The van der Waals surface area contributed by atoms with Gasteiger partial charge in [-0.3, -0.25) is 4.79 Å². The van der Waals surface area contributed by atoms with Gasteiger partial charge in [0.25, 0.3) is 0 Å². The lowest BCUT2D eigenvalue weighted by atomic mass is 9.80. The number of carbonyl (C=O) groups is 1. The van der Waals surface area contributed by atoms with Gasteiger partial charge in [-0.05, 0) is 49.2 Å². The first-order valence-corrected chi connectivity index (χ1v) is 9.59. The summed E-state index contributed by atoms with van der Waals surface area (Å²) < 4.78 is 47.9. The molecule has 0 aliphatic heterocycles. The summed E-state index contributed by atoms with van der Waals surface area (Å²) in [4.78, 5) is 12.0. The number of benzene rings is 2. The molecular formula is C20H20F3N3O3S2. The van der Waals surface area contributed by atoms with E-state index in [1.54, 1.807) is 25.1 Å². The maximum Gasteiger partial charge on any atom is 0.573 e. The Labute approximate surface area is 187 Å². The topological polar surface area (TPSA) is 114 Å². The van der Waals surface area contributed by atoms with Gasteiger partial charge in [0.05, 0.1) is 10.4 Å². The first-order chi connectivity index (χ1) is 14.2. The van der Waals surface area contributed by atoms with Crippen LogP contribution >= 0.6 is 24.4 Å². The molecule has 11 heteroatoms. The van der Waals surface area contributed by atoms with Gasteiger partial charge in [0, 0.05) is 11.1 Å². The number of hydrogen-bond donors (Lipinski definition) is 3. The van der Waals surface area contributed by atoms with Gasteiger partial charge >= 0.3 is 6.36 Å². The van der Waals surface area contributed by atoms with Crippen molar-refractivity contribution < 1.29 is 27.4 Å². The monoisotopic (exact) mass is 471 g/mol. The second kappa shape index (κ2) is 9.06. The molecule has 0 fully saturated rings. The molecule has 1 unspecified atom stereocenters. The molecule has 6 N–H and O–H groups in total. The number of primary amides is 1. The maximum atomic E-state index is 12.7. The maximum absolute atomic E-state index is 12.7. The zero-order valence-electron chi connectivity index (χ0n) is 16.6. The van der Waals surface area contributed by atoms with Gasteiger partial charge < -0.3 is 26.7 Å². The first kappa shape index (κ1) is 24.4. The third kappa shape index (κ3) is 5.82. The van der Waals surface area contributed by atoms with Crippen LogP contribution in [0.15, 0.2) is 36.4 Å². The van der Waals surface area contributed by atoms with Crippen molar-refractivity contribution in [3.05, 3.63) is 58.7 Å². The van der Waals surface area contributed by atoms with Crippen LogP contribution in [0.4, 0.5) is 13.2 Å². The third-order valence-corrected chi connectivity index (χ3v) is 5.30. The second-order valence-electron chi connectivity index (χ2n) is 6.95. The third-order valence-electron chi connectivity index (χ3n) is 4.62. The number of alkyl halides is 3. The highest BCUT2D eigenvalue weighted by Crippen LogP contribution is 2.34. The molecule has 1 atom stereocenters. The van der Waals surface area contributed by atoms with E-state index in [4.69, 9.17) is 46.4 Å². The van der Waals surface area contributed by atoms with Crippen molar-refractivity contribution in [3.8, 4) is 11.5 Å². The molecule has 6 nitrogen and oxygen atoms in total. The molecule has 0 bridgehead atoms. The zero-order valence-corrected chi connectivity index (χ0v) is 18.2. The van der Waals surface area contributed by atoms with E-state index in [1.165, 1.54) is 6.92 Å². The van der Waals surface area contributed by atoms with E-state index in [9.17, 15) is 18.0 Å². The van der Waals surface area contributed by atoms with Crippen LogP contribution in [0, 0.1) is 6.92 Å². The standard InChI is InChI=1S/C20H20F3N3O3S2/c1-10-3-4-11(17(25)30)7-15(10)28-9-19(2,18(26)31)14-8-12(29-20(21,22)23)5-6-13(14)16(24)27/h3-8H,9H2,1-2H3,(H2,24,27)(H2,25,30)(H2,26,31). The highest BCUT2D eigenvalue weighted by molar-refractivity contribution is 7.80. The fourth-order valence-corrected chi connectivity index (χ4v) is 3.10. The molecule has 2 aromatic carbocycles. The van der Waals surface area contributed by atoms with Crippen molar-refractivity contribution >= 4 is 40.3 Å². The summed E-state index contributed by atoms with van der Waals surface area (Å²) in [5.41, 5.74) is 16.9. The number of thiocarbonyl (C=S) groups is 2. The first-order valence-electron chi connectivity index (χ1n) is 8.78. The van der Waals surface area contributed by atoms with E-state index in [2.05, 4.69) is 4.74 Å². The van der Waals surface area contributed by atoms with Crippen LogP contribution in [-0.2, 0) is 5.41 Å². The molecule has 0 saturated heterocycles. The lowest BCUT2D eigenvalue weighted by molar-refractivity contribution is -0.274. The summed E-state index contributed by atoms with van der Waals surface area (Å²) in [5, 5.41) is 0. The minimum atomic E-state index is -4.93. The Bertz CT molecular complexity index is 1040. The molecule has 31 heavy (non-hydrogen) atoms. The van der Waals surface area contributed by atoms with Gasteiger partial charge in [0.2, 0.25) is 5.91 Å². The molecule has 2 rings (SSSR count). The van der Waals surface area contributed by atoms with E-state index < -0.39 is 23.4 Å². The largest absolute Gasteiger partial charge is 0.573 e. The Morgan fingerprint density at radius 1 is 1.06 bits per heavy atom. The van der Waals surface area contributed by atoms with Crippen molar-refractivity contribution in [2.45, 2.75) is 25.6 Å². The molecule has 2 aromatic rings. The number of amides is 1. The number of nitrogens with two attached hydrogens (primary N) is 3. The number of hydrogen-bond acceptors (Lipinski definition) is 5. The number of carbonyl (C=O) groups excluding carboxylic acids is 1. The van der Waals surface area contributed by atoms with E-state index in [0.717, 1.165) is 23.8 Å². The lowest BCUT2D eigenvalue weighted by Gasteiger charge is -2.31. The van der Waals surface area contributed by atoms with E-state index in [-0.39, 0.29) is 27.7 Å². The van der Waals surface area contributed by atoms with Gasteiger partial charge in [-0.15, -0.1) is 13.2 Å². The fourth-order valence-electron chi connectivity index (χ4n) is 2.80. The van der Waals surface area contributed by atoms with Gasteiger partial charge in [-0.25, -0.2) is 0 Å². The molecule has 0 aromatic heterocycles. The SMILES string of the molecule is Cc1ccc(C(N)=S)cc1OCC(C)(C(N)=S)c1cc(OC(F)(F)F)ccc1C(N)=O. The van der Waals surface area contributed by atoms with Crippen LogP contribution in [0.2, 0.25) is 0 Å². The van der Waals surface area contributed by atoms with Crippen molar-refractivity contribution in [1.29, 1.82) is 0 Å². The van der Waals surface area contributed by atoms with Crippen molar-refractivity contribution in [2.75, 3.05) is 6.61 Å². The summed E-state index contributed by atoms with van der Waals surface area (Å²) in [6, 6.07) is 8.21. The predicted molar refractivity (Wildman–Crippen MR) is 118 cm³/mol. The summed E-state index contributed by atoms with van der Waals surface area (Å²) in [7, 11) is 0. The average molecular weight is 472 g/mol. The molecule has 0 saturated carbocycles. The lowest BCUT2D eigenvalue weighted by Crippen LogP contribution is -2.44. The van der Waals surface area contributed by atoms with E-state index in [0.29, 0.717) is 11.3 Å². The van der Waals surface area contributed by atoms with Gasteiger partial charge in [-0.2, -0.15) is 0 Å². The number of halogens is 3. The van der Waals surface area contributed by atoms with Crippen LogP contribution in [0.25, 0.3) is 0 Å². The molecule has 0 spiro atoms. The summed E-state index contributed by atoms with van der Waals surface area (Å²) >= 11 is 10.1. The molecular weight excluding hydrogens is 451 g/mol. The Balaban J connectivity index is 2.52. The molecule has 0 aliphatic rings. The number of aryl methyl sites for hydroxylation is 1. The quantitative estimate of drug-likeness (QED) is 0.507. The minimum Gasteiger partial charge on any atom is -0.492 e. The van der Waals surface area contributed by atoms with E-state index >= 15 is 0 Å². The Kier molecular flexibility index (Phi) is 7.12. The van der Waals surface area contributed by atoms with Crippen LogP contribution < -0.4 is 26.7 Å². The van der Waals surface area contributed by atoms with Crippen LogP contribution in [0.5, 0.6) is 11.5 Å². The van der Waals surface area contributed by atoms with Crippen LogP contribution in [0.1, 0.15) is 34.0 Å². The van der Waals surface area contributed by atoms with E-state index in [1.807, 2.05) is 0 Å². The van der Waals surface area contributed by atoms with Crippen molar-refractivity contribution in [1.82, 2.24) is 0 Å². The summed E-state index contributed by atoms with van der Waals surface area (Å²) in [5.74, 6) is -1.01. The number of ether oxygens (including phenoxy) is 2. The molecule has 0 heterocycles. The molecule has 1 amide bonds. The Morgan fingerprint density at radius 2 is 1.71 bits per heavy atom. The van der Waals surface area contributed by atoms with Crippen LogP contribution in [0.3, 0.4) is 0 Å². The Hall–Kier alpha value is -2.92. The highest BCUT2D eigenvalue weighted by Gasteiger charge is 2.37. The molecule has 0 radical (unpaired) electrons. The van der Waals surface area contributed by atoms with Crippen LogP contribution in [-0.4, -0.2) is 28.9 Å². The average Bonchev–Trinajstić information content (AvgIpc) is 2.65. The number of rotatable bonds is 8. The van der Waals surface area contributed by atoms with Gasteiger partial charge in [0.15, 0.2) is 0 Å². The smallest absolute Gasteiger partial charge is 0.492 e. The van der Waals surface area contributed by atoms with Gasteiger partial charge in [0.1, 0.15) is 23.1 Å². The zero-order chi connectivity index (χ0) is 23.6. The van der Waals surface area contributed by atoms with Gasteiger partial charge in [-0.1, -0.05) is 36.6 Å². The second-order valence-corrected chi connectivity index (χ2v) is 7.83. The van der Waals surface area contributed by atoms with Crippen molar-refractivity contribution in [2.24, 2.45) is 17.2 Å². The summed E-state index contributed by atoms with van der Waals surface area (Å²) in [6.45, 7) is 3.10. The fraction of sp³-hybridized carbons (Fsp3) is 0.250. The normalized spacial score (nSPS) is 13.2. The predicted octanol–water partition coefficient (Wildman–Crippen LogP) is 3.25. The molecule has 0 aliphatic carbocycles. The van der Waals surface area contributed by atoms with Crippen molar-refractivity contribution in [3.63, 3.8) is 0 Å². The Morgan fingerprint density at radius 3 is 2.23 bits per heavy atom. The summed E-state index contributed by atoms with van der Waals surface area (Å²) in [6.07, 6.45) is -4.93. The minimum absolute atomic E-state index is 0.0393. The highest BCUT2D eigenvalue weighted by atomic mass is 32.1.